The smallest absolute Gasteiger partial charge is 0.743 e. The Morgan fingerprint density at radius 1 is 0.357 bits per heavy atom. The molecule has 20 heteroatoms. The first-order valence-electron chi connectivity index (χ1n) is 12.7. The first-order valence-corrected chi connectivity index (χ1v) is 15.5. The van der Waals surface area contributed by atoms with Gasteiger partial charge in [-0.2, -0.15) is 43.9 Å². The molecule has 0 bridgehead atoms. The molecule has 0 amide bonds. The van der Waals surface area contributed by atoms with Crippen molar-refractivity contribution in [1.82, 2.24) is 0 Å². The summed E-state index contributed by atoms with van der Waals surface area (Å²) in [6, 6.07) is 0. The molecule has 42 heavy (non-hydrogen) atoms. The Morgan fingerprint density at radius 2 is 0.524 bits per heavy atom. The molecule has 244 valence electrons. The molecule has 0 aromatic rings. The molecular weight excluding hydrogens is 693 g/mol. The van der Waals surface area contributed by atoms with Crippen LogP contribution in [0, 0.1) is 0 Å². The van der Waals surface area contributed by atoms with Gasteiger partial charge in [-0.05, 0) is 25.7 Å². The fourth-order valence-corrected chi connectivity index (χ4v) is 4.12. The monoisotopic (exact) mass is 728 g/mol. The van der Waals surface area contributed by atoms with Gasteiger partial charge in [0.15, 0.2) is 20.2 Å². The maximum absolute atomic E-state index is 12.7. The average Bonchev–Trinajstić information content (AvgIpc) is 2.74. The standard InChI is InChI=1S/2C11H19F5O3S.2K/c2*12-10(13,14)8-6-4-2-1-3-5-7-9-11(15,16)20(17,18)19;;/h2*1-9H2,(H,17,18,19);;/q;;2*+1/p-2. The van der Waals surface area contributed by atoms with Gasteiger partial charge >= 0.3 is 126 Å². The number of alkyl halides is 10. The van der Waals surface area contributed by atoms with Crippen molar-refractivity contribution in [3.63, 3.8) is 0 Å². The Morgan fingerprint density at radius 3 is 0.690 bits per heavy atom. The van der Waals surface area contributed by atoms with Crippen molar-refractivity contribution in [1.29, 1.82) is 0 Å². The van der Waals surface area contributed by atoms with Crippen LogP contribution in [0.3, 0.4) is 0 Å². The molecule has 0 aliphatic rings. The second kappa shape index (κ2) is 24.5. The van der Waals surface area contributed by atoms with E-state index in [0.717, 1.165) is 0 Å². The first kappa shape index (κ1) is 51.2. The van der Waals surface area contributed by atoms with E-state index in [-0.39, 0.29) is 128 Å². The summed E-state index contributed by atoms with van der Waals surface area (Å²) in [6.45, 7) is 0. The molecule has 0 heterocycles. The topological polar surface area (TPSA) is 114 Å². The van der Waals surface area contributed by atoms with Gasteiger partial charge in [-0.1, -0.05) is 64.2 Å². The van der Waals surface area contributed by atoms with Gasteiger partial charge in [0.2, 0.25) is 0 Å². The van der Waals surface area contributed by atoms with Gasteiger partial charge in [-0.3, -0.25) is 0 Å². The number of hydrogen-bond donors (Lipinski definition) is 0. The molecule has 0 unspecified atom stereocenters. The summed E-state index contributed by atoms with van der Waals surface area (Å²) in [5.74, 6) is 0. The van der Waals surface area contributed by atoms with Gasteiger partial charge in [0.05, 0.1) is 0 Å². The Balaban J connectivity index is -0.000000328. The molecule has 0 rings (SSSR count). The number of rotatable bonds is 20. The summed E-state index contributed by atoms with van der Waals surface area (Å²) < 4.78 is 183. The van der Waals surface area contributed by atoms with Gasteiger partial charge in [0.25, 0.3) is 0 Å². The fraction of sp³-hybridized carbons (Fsp3) is 1.00. The van der Waals surface area contributed by atoms with Crippen LogP contribution in [0.5, 0.6) is 0 Å². The third kappa shape index (κ3) is 31.0. The molecule has 0 saturated carbocycles. The van der Waals surface area contributed by atoms with E-state index in [9.17, 15) is 69.8 Å². The van der Waals surface area contributed by atoms with E-state index >= 15 is 0 Å². The minimum Gasteiger partial charge on any atom is -0.743 e. The Bertz CT molecular complexity index is 813. The summed E-state index contributed by atoms with van der Waals surface area (Å²) in [7, 11) is -11.2. The Hall–Kier alpha value is 2.39. The molecule has 0 aromatic heterocycles. The van der Waals surface area contributed by atoms with Crippen LogP contribution in [0.1, 0.15) is 116 Å². The van der Waals surface area contributed by atoms with Crippen LogP contribution < -0.4 is 103 Å². The third-order valence-corrected chi connectivity index (χ3v) is 7.46. The maximum atomic E-state index is 12.7. The summed E-state index contributed by atoms with van der Waals surface area (Å²) in [5, 5.41) is -8.47. The molecule has 0 aliphatic carbocycles. The predicted molar refractivity (Wildman–Crippen MR) is 125 cm³/mol. The van der Waals surface area contributed by atoms with Crippen LogP contribution in [0.4, 0.5) is 43.9 Å². The van der Waals surface area contributed by atoms with E-state index in [1.165, 1.54) is 0 Å². The normalized spacial score (nSPS) is 13.0. The fourth-order valence-electron chi connectivity index (χ4n) is 3.33. The number of hydrogen-bond acceptors (Lipinski definition) is 6. The van der Waals surface area contributed by atoms with Crippen molar-refractivity contribution in [2.75, 3.05) is 0 Å². The Kier molecular flexibility index (Phi) is 29.9. The van der Waals surface area contributed by atoms with Gasteiger partial charge < -0.3 is 9.11 Å². The van der Waals surface area contributed by atoms with Crippen LogP contribution in [-0.4, -0.2) is 48.8 Å². The van der Waals surface area contributed by atoms with Crippen molar-refractivity contribution in [3.8, 4) is 0 Å². The second-order valence-electron chi connectivity index (χ2n) is 9.36. The SMILES string of the molecule is O=S(=O)([O-])C(F)(F)CCCCCCCCCC(F)(F)F.O=S(=O)([O-])C(F)(F)CCCCCCCCCC(F)(F)F.[K+].[K+]. The zero-order chi connectivity index (χ0) is 31.7. The van der Waals surface area contributed by atoms with Gasteiger partial charge in [0.1, 0.15) is 0 Å². The largest absolute Gasteiger partial charge is 1.00 e. The molecule has 6 nitrogen and oxygen atoms in total. The number of unbranched alkanes of at least 4 members (excludes halogenated alkanes) is 12. The van der Waals surface area contributed by atoms with Gasteiger partial charge in [0, 0.05) is 25.7 Å². The molecule has 0 radical (unpaired) electrons. The van der Waals surface area contributed by atoms with Crippen molar-refractivity contribution in [2.24, 2.45) is 0 Å². The minimum atomic E-state index is -5.61. The summed E-state index contributed by atoms with van der Waals surface area (Å²) in [6.07, 6.45) is -7.13. The summed E-state index contributed by atoms with van der Waals surface area (Å²) in [5.41, 5.74) is 0. The molecule has 0 fully saturated rings. The summed E-state index contributed by atoms with van der Waals surface area (Å²) >= 11 is 0. The zero-order valence-electron chi connectivity index (χ0n) is 23.8. The van der Waals surface area contributed by atoms with Crippen LogP contribution in [0.2, 0.25) is 0 Å². The van der Waals surface area contributed by atoms with E-state index in [4.69, 9.17) is 0 Å². The van der Waals surface area contributed by atoms with Gasteiger partial charge in [-0.25, -0.2) is 16.8 Å². The molecule has 0 atom stereocenters. The second-order valence-corrected chi connectivity index (χ2v) is 12.4. The quantitative estimate of drug-likeness (QED) is 0.0824. The molecule has 0 aromatic carbocycles. The maximum Gasteiger partial charge on any atom is 1.00 e. The molecular formula is C22H36F10K2O6S2. The predicted octanol–water partition coefficient (Wildman–Crippen LogP) is 2.40. The van der Waals surface area contributed by atoms with Crippen LogP contribution in [0.15, 0.2) is 0 Å². The Labute approximate surface area is 326 Å². The van der Waals surface area contributed by atoms with E-state index in [2.05, 4.69) is 0 Å². The van der Waals surface area contributed by atoms with Gasteiger partial charge in [-0.15, -0.1) is 0 Å². The average molecular weight is 729 g/mol. The van der Waals surface area contributed by atoms with E-state index in [0.29, 0.717) is 64.2 Å². The summed E-state index contributed by atoms with van der Waals surface area (Å²) in [4.78, 5) is 0. The van der Waals surface area contributed by atoms with Crippen molar-refractivity contribution in [3.05, 3.63) is 0 Å². The van der Waals surface area contributed by atoms with Crippen LogP contribution in [0.25, 0.3) is 0 Å². The number of halogens is 10. The molecule has 0 spiro atoms. The molecule has 0 aliphatic heterocycles. The minimum absolute atomic E-state index is 0. The van der Waals surface area contributed by atoms with Crippen LogP contribution in [-0.2, 0) is 20.2 Å². The van der Waals surface area contributed by atoms with Crippen molar-refractivity contribution < 1.29 is 173 Å². The van der Waals surface area contributed by atoms with Crippen molar-refractivity contribution in [2.45, 2.75) is 138 Å². The third-order valence-electron chi connectivity index (χ3n) is 5.59. The van der Waals surface area contributed by atoms with Crippen LogP contribution >= 0.6 is 0 Å². The van der Waals surface area contributed by atoms with E-state index < -0.39 is 68.8 Å². The first-order chi connectivity index (χ1) is 17.9. The molecule has 0 N–H and O–H groups in total. The van der Waals surface area contributed by atoms with Crippen molar-refractivity contribution >= 4 is 20.2 Å². The van der Waals surface area contributed by atoms with E-state index in [1.54, 1.807) is 0 Å². The zero-order valence-corrected chi connectivity index (χ0v) is 31.7. The van der Waals surface area contributed by atoms with E-state index in [1.807, 2.05) is 0 Å². The molecule has 0 saturated heterocycles.